The Labute approximate surface area is 98.8 Å². The van der Waals surface area contributed by atoms with Crippen LogP contribution in [0.1, 0.15) is 30.9 Å². The van der Waals surface area contributed by atoms with E-state index in [1.165, 1.54) is 6.07 Å². The van der Waals surface area contributed by atoms with Crippen LogP contribution >= 0.6 is 0 Å². The minimum atomic E-state index is -4.15. The highest BCUT2D eigenvalue weighted by Gasteiger charge is 2.47. The van der Waals surface area contributed by atoms with E-state index in [0.29, 0.717) is 5.56 Å². The fourth-order valence-electron chi connectivity index (χ4n) is 2.36. The molecule has 1 nitrogen and oxygen atoms in total. The SMILES string of the molecule is CC(N)C1(c2cccc(CC(F)(F)F)c2)CC1. The second-order valence-corrected chi connectivity index (χ2v) is 4.94. The van der Waals surface area contributed by atoms with Gasteiger partial charge in [-0.15, -0.1) is 0 Å². The Morgan fingerprint density at radius 1 is 1.35 bits per heavy atom. The Hall–Kier alpha value is -1.03. The van der Waals surface area contributed by atoms with Crippen LogP contribution in [-0.4, -0.2) is 12.2 Å². The van der Waals surface area contributed by atoms with E-state index >= 15 is 0 Å². The fraction of sp³-hybridized carbons (Fsp3) is 0.538. The lowest BCUT2D eigenvalue weighted by atomic mass is 9.88. The summed E-state index contributed by atoms with van der Waals surface area (Å²) in [6.07, 6.45) is -3.07. The highest BCUT2D eigenvalue weighted by molar-refractivity contribution is 5.36. The molecule has 0 heterocycles. The maximum Gasteiger partial charge on any atom is 0.393 e. The summed E-state index contributed by atoms with van der Waals surface area (Å²) in [6.45, 7) is 1.92. The van der Waals surface area contributed by atoms with Crippen LogP contribution in [0.4, 0.5) is 13.2 Å². The van der Waals surface area contributed by atoms with E-state index in [4.69, 9.17) is 5.73 Å². The van der Waals surface area contributed by atoms with Crippen molar-refractivity contribution in [3.63, 3.8) is 0 Å². The molecule has 1 fully saturated rings. The summed E-state index contributed by atoms with van der Waals surface area (Å²) in [6, 6.07) is 6.75. The first kappa shape index (κ1) is 12.4. The number of benzene rings is 1. The van der Waals surface area contributed by atoms with Crippen LogP contribution < -0.4 is 5.73 Å². The number of hydrogen-bond acceptors (Lipinski definition) is 1. The third-order valence-electron chi connectivity index (χ3n) is 3.57. The molecule has 0 aliphatic heterocycles. The quantitative estimate of drug-likeness (QED) is 0.867. The molecule has 1 unspecified atom stereocenters. The van der Waals surface area contributed by atoms with Crippen molar-refractivity contribution in [1.29, 1.82) is 0 Å². The predicted octanol–water partition coefficient (Wildman–Crippen LogP) is 3.17. The molecule has 0 radical (unpaired) electrons. The van der Waals surface area contributed by atoms with E-state index in [9.17, 15) is 13.2 Å². The summed E-state index contributed by atoms with van der Waals surface area (Å²) in [5, 5.41) is 0. The van der Waals surface area contributed by atoms with Crippen LogP contribution in [-0.2, 0) is 11.8 Å². The van der Waals surface area contributed by atoms with Gasteiger partial charge in [0, 0.05) is 11.5 Å². The van der Waals surface area contributed by atoms with Crippen LogP contribution in [0.5, 0.6) is 0 Å². The third kappa shape index (κ3) is 2.63. The lowest BCUT2D eigenvalue weighted by Gasteiger charge is -2.21. The van der Waals surface area contributed by atoms with Crippen molar-refractivity contribution >= 4 is 0 Å². The normalized spacial score (nSPS) is 20.1. The van der Waals surface area contributed by atoms with E-state index in [1.54, 1.807) is 12.1 Å². The van der Waals surface area contributed by atoms with Crippen LogP contribution in [0.15, 0.2) is 24.3 Å². The molecule has 2 rings (SSSR count). The zero-order valence-corrected chi connectivity index (χ0v) is 9.72. The molecular formula is C13H16F3N. The van der Waals surface area contributed by atoms with Gasteiger partial charge in [-0.05, 0) is 30.9 Å². The second-order valence-electron chi connectivity index (χ2n) is 4.94. The van der Waals surface area contributed by atoms with Gasteiger partial charge in [0.15, 0.2) is 0 Å². The van der Waals surface area contributed by atoms with Crippen LogP contribution in [0, 0.1) is 0 Å². The molecule has 0 spiro atoms. The van der Waals surface area contributed by atoms with Crippen LogP contribution in [0.2, 0.25) is 0 Å². The van der Waals surface area contributed by atoms with Gasteiger partial charge in [-0.25, -0.2) is 0 Å². The van der Waals surface area contributed by atoms with Crippen molar-refractivity contribution in [1.82, 2.24) is 0 Å². The van der Waals surface area contributed by atoms with Gasteiger partial charge in [0.05, 0.1) is 6.42 Å². The van der Waals surface area contributed by atoms with Gasteiger partial charge < -0.3 is 5.73 Å². The Morgan fingerprint density at radius 3 is 2.47 bits per heavy atom. The van der Waals surface area contributed by atoms with E-state index < -0.39 is 12.6 Å². The van der Waals surface area contributed by atoms with Crippen LogP contribution in [0.3, 0.4) is 0 Å². The van der Waals surface area contributed by atoms with Crippen LogP contribution in [0.25, 0.3) is 0 Å². The molecule has 94 valence electrons. The third-order valence-corrected chi connectivity index (χ3v) is 3.57. The highest BCUT2D eigenvalue weighted by Crippen LogP contribution is 2.50. The van der Waals surface area contributed by atoms with Crippen molar-refractivity contribution in [2.75, 3.05) is 0 Å². The van der Waals surface area contributed by atoms with Gasteiger partial charge in [0.1, 0.15) is 0 Å². The Balaban J connectivity index is 2.24. The molecule has 1 saturated carbocycles. The van der Waals surface area contributed by atoms with Gasteiger partial charge in [0.25, 0.3) is 0 Å². The molecule has 2 N–H and O–H groups in total. The summed E-state index contributed by atoms with van der Waals surface area (Å²) in [7, 11) is 0. The largest absolute Gasteiger partial charge is 0.393 e. The van der Waals surface area contributed by atoms with E-state index in [-0.39, 0.29) is 11.5 Å². The Kier molecular flexibility index (Phi) is 2.94. The number of hydrogen-bond donors (Lipinski definition) is 1. The maximum absolute atomic E-state index is 12.3. The minimum absolute atomic E-state index is 0.0105. The molecule has 17 heavy (non-hydrogen) atoms. The van der Waals surface area contributed by atoms with Gasteiger partial charge in [-0.1, -0.05) is 24.3 Å². The number of rotatable bonds is 3. The lowest BCUT2D eigenvalue weighted by molar-refractivity contribution is -0.127. The van der Waals surface area contributed by atoms with E-state index in [0.717, 1.165) is 18.4 Å². The van der Waals surface area contributed by atoms with Gasteiger partial charge in [-0.3, -0.25) is 0 Å². The Bertz CT molecular complexity index is 405. The first-order valence-electron chi connectivity index (χ1n) is 5.75. The standard InChI is InChI=1S/C13H16F3N/c1-9(17)12(5-6-12)11-4-2-3-10(7-11)8-13(14,15)16/h2-4,7,9H,5-6,8,17H2,1H3. The summed E-state index contributed by atoms with van der Waals surface area (Å²) in [5.41, 5.74) is 7.11. The number of halogens is 3. The topological polar surface area (TPSA) is 26.0 Å². The minimum Gasteiger partial charge on any atom is -0.327 e. The van der Waals surface area contributed by atoms with Gasteiger partial charge >= 0.3 is 6.18 Å². The smallest absolute Gasteiger partial charge is 0.327 e. The number of nitrogens with two attached hydrogens (primary N) is 1. The molecule has 0 bridgehead atoms. The van der Waals surface area contributed by atoms with Gasteiger partial charge in [-0.2, -0.15) is 13.2 Å². The predicted molar refractivity (Wildman–Crippen MR) is 60.8 cm³/mol. The molecule has 1 aliphatic carbocycles. The molecule has 1 aliphatic rings. The van der Waals surface area contributed by atoms with E-state index in [1.807, 2.05) is 13.0 Å². The Morgan fingerprint density at radius 2 is 2.00 bits per heavy atom. The van der Waals surface area contributed by atoms with E-state index in [2.05, 4.69) is 0 Å². The second kappa shape index (κ2) is 4.02. The molecule has 0 saturated heterocycles. The summed E-state index contributed by atoms with van der Waals surface area (Å²) in [4.78, 5) is 0. The first-order valence-corrected chi connectivity index (χ1v) is 5.75. The highest BCUT2D eigenvalue weighted by atomic mass is 19.4. The average Bonchev–Trinajstić information content (AvgIpc) is 2.95. The number of alkyl halides is 3. The molecule has 1 aromatic rings. The lowest BCUT2D eigenvalue weighted by Crippen LogP contribution is -2.31. The molecule has 1 atom stereocenters. The first-order chi connectivity index (χ1) is 7.83. The summed E-state index contributed by atoms with van der Waals surface area (Å²) in [5.74, 6) is 0. The average molecular weight is 243 g/mol. The molecule has 1 aromatic carbocycles. The van der Waals surface area contributed by atoms with Crippen molar-refractivity contribution in [2.45, 2.75) is 43.8 Å². The molecular weight excluding hydrogens is 227 g/mol. The summed E-state index contributed by atoms with van der Waals surface area (Å²) >= 11 is 0. The molecule has 4 heteroatoms. The monoisotopic (exact) mass is 243 g/mol. The van der Waals surface area contributed by atoms with Crippen molar-refractivity contribution < 1.29 is 13.2 Å². The zero-order valence-electron chi connectivity index (χ0n) is 9.72. The van der Waals surface area contributed by atoms with Crippen molar-refractivity contribution in [3.8, 4) is 0 Å². The van der Waals surface area contributed by atoms with Crippen molar-refractivity contribution in [2.24, 2.45) is 5.73 Å². The van der Waals surface area contributed by atoms with Gasteiger partial charge in [0.2, 0.25) is 0 Å². The van der Waals surface area contributed by atoms with Crippen molar-refractivity contribution in [3.05, 3.63) is 35.4 Å². The molecule has 0 amide bonds. The summed E-state index contributed by atoms with van der Waals surface area (Å²) < 4.78 is 37.0. The fourth-order valence-corrected chi connectivity index (χ4v) is 2.36. The zero-order chi connectivity index (χ0) is 12.7. The maximum atomic E-state index is 12.3. The molecule has 0 aromatic heterocycles.